The number of rotatable bonds is 8. The molecule has 0 saturated carbocycles. The lowest BCUT2D eigenvalue weighted by molar-refractivity contribution is 0.0372. The first-order valence-corrected chi connectivity index (χ1v) is 13.0. The van der Waals surface area contributed by atoms with Crippen LogP contribution < -0.4 is 10.0 Å². The van der Waals surface area contributed by atoms with Gasteiger partial charge in [0.15, 0.2) is 5.96 Å². The lowest BCUT2D eigenvalue weighted by Gasteiger charge is -2.48. The summed E-state index contributed by atoms with van der Waals surface area (Å²) in [5, 5.41) is 3.40. The third-order valence-electron chi connectivity index (χ3n) is 6.12. The van der Waals surface area contributed by atoms with Gasteiger partial charge in [-0.3, -0.25) is 9.89 Å². The van der Waals surface area contributed by atoms with E-state index in [1.165, 1.54) is 24.9 Å². The summed E-state index contributed by atoms with van der Waals surface area (Å²) in [4.78, 5) is 9.73. The van der Waals surface area contributed by atoms with Gasteiger partial charge in [0.2, 0.25) is 10.0 Å². The predicted octanol–water partition coefficient (Wildman–Crippen LogP) is 2.50. The highest BCUT2D eigenvalue weighted by molar-refractivity contribution is 14.0. The number of halogens is 1. The maximum absolute atomic E-state index is 11.6. The van der Waals surface area contributed by atoms with Crippen LogP contribution in [0.3, 0.4) is 0 Å². The molecule has 2 saturated heterocycles. The predicted molar refractivity (Wildman–Crippen MR) is 138 cm³/mol. The van der Waals surface area contributed by atoms with E-state index in [0.29, 0.717) is 25.0 Å². The third-order valence-corrected chi connectivity index (χ3v) is 7.53. The van der Waals surface area contributed by atoms with Crippen molar-refractivity contribution in [3.8, 4) is 0 Å². The molecular weight excluding hydrogens is 525 g/mol. The van der Waals surface area contributed by atoms with Crippen LogP contribution in [0.4, 0.5) is 0 Å². The smallest absolute Gasteiger partial charge is 0.211 e. The number of guanidine groups is 1. The molecule has 1 aromatic rings. The van der Waals surface area contributed by atoms with Crippen LogP contribution in [0.1, 0.15) is 38.7 Å². The SMILES string of the molecule is CCNC(=NCCNS(=O)(=O)CC)N1CCC2C(CCCN2Cc2ccccc2)C1.I. The second-order valence-electron chi connectivity index (χ2n) is 8.19. The van der Waals surface area contributed by atoms with E-state index in [4.69, 9.17) is 0 Å². The Kier molecular flexibility index (Phi) is 11.0. The monoisotopic (exact) mass is 563 g/mol. The van der Waals surface area contributed by atoms with E-state index in [1.807, 2.05) is 0 Å². The van der Waals surface area contributed by atoms with Crippen molar-refractivity contribution in [2.75, 3.05) is 45.0 Å². The average molecular weight is 564 g/mol. The first-order chi connectivity index (χ1) is 14.5. The van der Waals surface area contributed by atoms with Crippen LogP contribution in [0.25, 0.3) is 0 Å². The van der Waals surface area contributed by atoms with Gasteiger partial charge >= 0.3 is 0 Å². The number of benzene rings is 1. The number of hydrogen-bond acceptors (Lipinski definition) is 4. The van der Waals surface area contributed by atoms with Gasteiger partial charge in [0.25, 0.3) is 0 Å². The fourth-order valence-electron chi connectivity index (χ4n) is 4.60. The molecule has 176 valence electrons. The molecule has 1 aromatic carbocycles. The molecule has 2 N–H and O–H groups in total. The Morgan fingerprint density at radius 1 is 1.16 bits per heavy atom. The Hall–Kier alpha value is -0.910. The number of fused-ring (bicyclic) bond motifs is 1. The van der Waals surface area contributed by atoms with Crippen molar-refractivity contribution in [2.45, 2.75) is 45.7 Å². The number of hydrogen-bond donors (Lipinski definition) is 2. The van der Waals surface area contributed by atoms with Gasteiger partial charge < -0.3 is 10.2 Å². The Labute approximate surface area is 205 Å². The van der Waals surface area contributed by atoms with Crippen LogP contribution in [0, 0.1) is 5.92 Å². The Balaban J connectivity index is 0.00000341. The summed E-state index contributed by atoms with van der Waals surface area (Å²) in [7, 11) is -3.16. The van der Waals surface area contributed by atoms with Crippen molar-refractivity contribution in [1.82, 2.24) is 19.8 Å². The first kappa shape index (κ1) is 26.3. The van der Waals surface area contributed by atoms with Gasteiger partial charge in [-0.2, -0.15) is 0 Å². The van der Waals surface area contributed by atoms with E-state index < -0.39 is 10.0 Å². The summed E-state index contributed by atoms with van der Waals surface area (Å²) in [6, 6.07) is 11.4. The zero-order valence-corrected chi connectivity index (χ0v) is 21.9. The summed E-state index contributed by atoms with van der Waals surface area (Å²) in [5.41, 5.74) is 1.39. The summed E-state index contributed by atoms with van der Waals surface area (Å²) in [5.74, 6) is 1.66. The zero-order valence-electron chi connectivity index (χ0n) is 18.8. The lowest BCUT2D eigenvalue weighted by atomic mass is 9.83. The van der Waals surface area contributed by atoms with Crippen LogP contribution >= 0.6 is 24.0 Å². The summed E-state index contributed by atoms with van der Waals surface area (Å²) in [6.07, 6.45) is 3.65. The van der Waals surface area contributed by atoms with E-state index in [1.54, 1.807) is 6.92 Å². The molecule has 0 radical (unpaired) electrons. The Bertz CT molecular complexity index is 790. The number of nitrogens with zero attached hydrogens (tertiary/aromatic N) is 3. The fourth-order valence-corrected chi connectivity index (χ4v) is 5.21. The number of sulfonamides is 1. The molecule has 0 aliphatic carbocycles. The van der Waals surface area contributed by atoms with E-state index in [9.17, 15) is 8.42 Å². The molecule has 2 aliphatic heterocycles. The first-order valence-electron chi connectivity index (χ1n) is 11.3. The van der Waals surface area contributed by atoms with Gasteiger partial charge in [0.1, 0.15) is 0 Å². The second kappa shape index (κ2) is 13.0. The molecule has 3 rings (SSSR count). The van der Waals surface area contributed by atoms with Crippen LogP contribution in [-0.4, -0.2) is 75.2 Å². The van der Waals surface area contributed by atoms with Gasteiger partial charge in [-0.05, 0) is 51.1 Å². The second-order valence-corrected chi connectivity index (χ2v) is 10.3. The average Bonchev–Trinajstić information content (AvgIpc) is 2.76. The topological polar surface area (TPSA) is 77.0 Å². The minimum Gasteiger partial charge on any atom is -0.357 e. The van der Waals surface area contributed by atoms with Crippen molar-refractivity contribution in [2.24, 2.45) is 10.9 Å². The highest BCUT2D eigenvalue weighted by Crippen LogP contribution is 2.31. The fraction of sp³-hybridized carbons (Fsp3) is 0.682. The number of piperidine rings is 2. The quantitative estimate of drug-likeness (QED) is 0.220. The van der Waals surface area contributed by atoms with Crippen molar-refractivity contribution in [1.29, 1.82) is 0 Å². The van der Waals surface area contributed by atoms with Crippen molar-refractivity contribution >= 4 is 40.0 Å². The highest BCUT2D eigenvalue weighted by atomic mass is 127. The van der Waals surface area contributed by atoms with Gasteiger partial charge in [-0.1, -0.05) is 30.3 Å². The molecule has 0 bridgehead atoms. The lowest BCUT2D eigenvalue weighted by Crippen LogP contribution is -2.56. The van der Waals surface area contributed by atoms with Crippen LogP contribution in [-0.2, 0) is 16.6 Å². The number of nitrogens with one attached hydrogen (secondary N) is 2. The molecule has 2 fully saturated rings. The molecular formula is C22H38IN5O2S. The van der Waals surface area contributed by atoms with Gasteiger partial charge in [0, 0.05) is 38.8 Å². The van der Waals surface area contributed by atoms with Crippen molar-refractivity contribution in [3.05, 3.63) is 35.9 Å². The molecule has 0 aromatic heterocycles. The summed E-state index contributed by atoms with van der Waals surface area (Å²) in [6.45, 7) is 9.54. The van der Waals surface area contributed by atoms with Crippen LogP contribution in [0.15, 0.2) is 35.3 Å². The van der Waals surface area contributed by atoms with E-state index in [2.05, 4.69) is 62.1 Å². The molecule has 7 nitrogen and oxygen atoms in total. The third kappa shape index (κ3) is 7.87. The van der Waals surface area contributed by atoms with Gasteiger partial charge in [-0.15, -0.1) is 24.0 Å². The zero-order chi connectivity index (χ0) is 21.4. The molecule has 2 heterocycles. The minimum absolute atomic E-state index is 0. The van der Waals surface area contributed by atoms with Crippen LogP contribution in [0.5, 0.6) is 0 Å². The van der Waals surface area contributed by atoms with E-state index in [0.717, 1.165) is 38.6 Å². The number of aliphatic imine (C=N–C) groups is 1. The maximum atomic E-state index is 11.6. The van der Waals surface area contributed by atoms with E-state index >= 15 is 0 Å². The molecule has 2 atom stereocenters. The number of likely N-dealkylation sites (tertiary alicyclic amines) is 2. The molecule has 2 aliphatic rings. The van der Waals surface area contributed by atoms with Crippen LogP contribution in [0.2, 0.25) is 0 Å². The minimum atomic E-state index is -3.16. The molecule has 31 heavy (non-hydrogen) atoms. The van der Waals surface area contributed by atoms with Crippen molar-refractivity contribution < 1.29 is 8.42 Å². The van der Waals surface area contributed by atoms with Crippen molar-refractivity contribution in [3.63, 3.8) is 0 Å². The van der Waals surface area contributed by atoms with Gasteiger partial charge in [-0.25, -0.2) is 13.1 Å². The summed E-state index contributed by atoms with van der Waals surface area (Å²) < 4.78 is 25.8. The standard InChI is InChI=1S/C22H37N5O2S.HI/c1-3-23-22(24-13-14-25-30(28,29)4-2)27-16-12-21-20(18-27)11-8-15-26(21)17-19-9-6-5-7-10-19;/h5-7,9-10,20-21,25H,3-4,8,11-18H2,1-2H3,(H,23,24);1H. The largest absolute Gasteiger partial charge is 0.357 e. The highest BCUT2D eigenvalue weighted by Gasteiger charge is 2.36. The molecule has 2 unspecified atom stereocenters. The maximum Gasteiger partial charge on any atom is 0.211 e. The molecule has 0 spiro atoms. The Morgan fingerprint density at radius 2 is 1.94 bits per heavy atom. The molecule has 9 heteroatoms. The van der Waals surface area contributed by atoms with Gasteiger partial charge in [0.05, 0.1) is 12.3 Å². The Morgan fingerprint density at radius 3 is 2.65 bits per heavy atom. The molecule has 0 amide bonds. The normalized spacial score (nSPS) is 22.5. The van der Waals surface area contributed by atoms with E-state index in [-0.39, 0.29) is 29.7 Å². The summed E-state index contributed by atoms with van der Waals surface area (Å²) >= 11 is 0.